The molecule has 0 fully saturated rings. The van der Waals surface area contributed by atoms with Gasteiger partial charge in [0.1, 0.15) is 34.5 Å². The monoisotopic (exact) mass is 484 g/mol. The topological polar surface area (TPSA) is 89.0 Å². The molecule has 6 heteroatoms. The van der Waals surface area contributed by atoms with Gasteiger partial charge in [-0.3, -0.25) is 0 Å². The molecule has 0 heterocycles. The molecule has 6 nitrogen and oxygen atoms in total. The predicted molar refractivity (Wildman–Crippen MR) is 144 cm³/mol. The van der Waals surface area contributed by atoms with E-state index in [1.165, 1.54) is 11.1 Å². The lowest BCUT2D eigenvalue weighted by Gasteiger charge is -2.11. The maximum atomic E-state index is 5.96. The molecule has 4 rings (SSSR count). The Morgan fingerprint density at radius 1 is 0.500 bits per heavy atom. The van der Waals surface area contributed by atoms with Crippen molar-refractivity contribution in [1.29, 1.82) is 0 Å². The van der Waals surface area contributed by atoms with E-state index in [4.69, 9.17) is 30.4 Å². The van der Waals surface area contributed by atoms with Gasteiger partial charge in [0, 0.05) is 12.1 Å². The van der Waals surface area contributed by atoms with Gasteiger partial charge in [-0.15, -0.1) is 0 Å². The lowest BCUT2D eigenvalue weighted by atomic mass is 10.0. The van der Waals surface area contributed by atoms with Crippen LogP contribution in [-0.4, -0.2) is 13.2 Å². The van der Waals surface area contributed by atoms with E-state index in [-0.39, 0.29) is 0 Å². The summed E-state index contributed by atoms with van der Waals surface area (Å²) in [5, 5.41) is 0. The molecule has 4 aromatic carbocycles. The van der Waals surface area contributed by atoms with Crippen molar-refractivity contribution in [3.8, 4) is 34.5 Å². The zero-order chi connectivity index (χ0) is 25.3. The van der Waals surface area contributed by atoms with Crippen molar-refractivity contribution >= 4 is 11.4 Å². The van der Waals surface area contributed by atoms with Crippen molar-refractivity contribution in [1.82, 2.24) is 0 Å². The van der Waals surface area contributed by atoms with Crippen molar-refractivity contribution < 1.29 is 18.9 Å². The van der Waals surface area contributed by atoms with E-state index < -0.39 is 0 Å². The zero-order valence-corrected chi connectivity index (χ0v) is 20.7. The van der Waals surface area contributed by atoms with Crippen LogP contribution in [0.15, 0.2) is 84.9 Å². The molecule has 4 N–H and O–H groups in total. The fourth-order valence-corrected chi connectivity index (χ4v) is 3.73. The van der Waals surface area contributed by atoms with Crippen molar-refractivity contribution in [2.24, 2.45) is 0 Å². The highest BCUT2D eigenvalue weighted by atomic mass is 16.5. The van der Waals surface area contributed by atoms with Crippen LogP contribution in [0, 0.1) is 0 Å². The Bertz CT molecular complexity index is 1170. The number of nitrogen functional groups attached to an aromatic ring is 2. The van der Waals surface area contributed by atoms with Crippen LogP contribution in [0.2, 0.25) is 0 Å². The van der Waals surface area contributed by atoms with E-state index in [2.05, 4.69) is 24.3 Å². The minimum atomic E-state index is 0.552. The maximum absolute atomic E-state index is 5.96. The van der Waals surface area contributed by atoms with Gasteiger partial charge in [0.05, 0.1) is 24.6 Å². The van der Waals surface area contributed by atoms with Crippen LogP contribution < -0.4 is 30.4 Å². The summed E-state index contributed by atoms with van der Waals surface area (Å²) < 4.78 is 23.0. The van der Waals surface area contributed by atoms with Gasteiger partial charge in [0.2, 0.25) is 0 Å². The number of aryl methyl sites for hydroxylation is 2. The Labute approximate surface area is 212 Å². The van der Waals surface area contributed by atoms with Gasteiger partial charge < -0.3 is 30.4 Å². The van der Waals surface area contributed by atoms with Gasteiger partial charge in [0.25, 0.3) is 0 Å². The molecular formula is C30H32N2O4. The summed E-state index contributed by atoms with van der Waals surface area (Å²) in [7, 11) is 0. The highest BCUT2D eigenvalue weighted by Crippen LogP contribution is 2.31. The van der Waals surface area contributed by atoms with Crippen molar-refractivity contribution in [3.05, 3.63) is 96.1 Å². The summed E-state index contributed by atoms with van der Waals surface area (Å²) in [6.45, 7) is 4.95. The zero-order valence-electron chi connectivity index (χ0n) is 20.7. The minimum absolute atomic E-state index is 0.552. The van der Waals surface area contributed by atoms with E-state index in [1.807, 2.05) is 62.4 Å². The quantitative estimate of drug-likeness (QED) is 0.222. The largest absolute Gasteiger partial charge is 0.492 e. The van der Waals surface area contributed by atoms with Gasteiger partial charge in [-0.05, 0) is 86.3 Å². The second-order valence-corrected chi connectivity index (χ2v) is 8.26. The average molecular weight is 485 g/mol. The summed E-state index contributed by atoms with van der Waals surface area (Å²) >= 11 is 0. The molecule has 0 aromatic heterocycles. The predicted octanol–water partition coefficient (Wildman–Crippen LogP) is 7.02. The van der Waals surface area contributed by atoms with Gasteiger partial charge in [-0.2, -0.15) is 0 Å². The third-order valence-corrected chi connectivity index (χ3v) is 5.59. The lowest BCUT2D eigenvalue weighted by Crippen LogP contribution is -1.97. The first kappa shape index (κ1) is 24.8. The standard InChI is InChI=1S/C30H32N2O4/c1-3-33-29-19-25(15-17-27(29)31)35-23-11-7-21(8-12-23)5-6-22-9-13-24(14-10-22)36-26-16-18-28(32)30(20-26)34-4-2/h7-20H,3-6,31-32H2,1-2H3. The Balaban J connectivity index is 1.30. The minimum Gasteiger partial charge on any atom is -0.492 e. The summed E-state index contributed by atoms with van der Waals surface area (Å²) in [5.41, 5.74) is 15.5. The molecule has 36 heavy (non-hydrogen) atoms. The molecule has 0 aliphatic carbocycles. The Hall–Kier alpha value is -4.32. The van der Waals surface area contributed by atoms with Crippen molar-refractivity contribution in [2.45, 2.75) is 26.7 Å². The molecule has 4 aromatic rings. The third-order valence-electron chi connectivity index (χ3n) is 5.59. The lowest BCUT2D eigenvalue weighted by molar-refractivity contribution is 0.340. The van der Waals surface area contributed by atoms with Gasteiger partial charge in [-0.25, -0.2) is 0 Å². The Morgan fingerprint density at radius 2 is 0.861 bits per heavy atom. The SMILES string of the molecule is CCOc1cc(Oc2ccc(CCc3ccc(Oc4ccc(N)c(OCC)c4)cc3)cc2)ccc1N. The highest BCUT2D eigenvalue weighted by molar-refractivity contribution is 5.57. The first-order valence-corrected chi connectivity index (χ1v) is 12.1. The molecule has 186 valence electrons. The molecule has 0 aliphatic rings. The van der Waals surface area contributed by atoms with Crippen LogP contribution in [-0.2, 0) is 12.8 Å². The van der Waals surface area contributed by atoms with Crippen LogP contribution in [0.1, 0.15) is 25.0 Å². The van der Waals surface area contributed by atoms with Crippen LogP contribution in [0.3, 0.4) is 0 Å². The number of benzene rings is 4. The van der Waals surface area contributed by atoms with Crippen LogP contribution in [0.5, 0.6) is 34.5 Å². The average Bonchev–Trinajstić information content (AvgIpc) is 2.89. The van der Waals surface area contributed by atoms with E-state index in [9.17, 15) is 0 Å². The molecular weight excluding hydrogens is 452 g/mol. The van der Waals surface area contributed by atoms with E-state index >= 15 is 0 Å². The number of anilines is 2. The maximum Gasteiger partial charge on any atom is 0.145 e. The van der Waals surface area contributed by atoms with E-state index in [0.29, 0.717) is 47.6 Å². The summed E-state index contributed by atoms with van der Waals surface area (Å²) in [6, 6.07) is 27.1. The third kappa shape index (κ3) is 6.63. The Morgan fingerprint density at radius 3 is 1.22 bits per heavy atom. The number of ether oxygens (including phenoxy) is 4. The second kappa shape index (κ2) is 11.9. The molecule has 0 spiro atoms. The number of nitrogens with two attached hydrogens (primary N) is 2. The van der Waals surface area contributed by atoms with Gasteiger partial charge in [-0.1, -0.05) is 24.3 Å². The molecule has 0 saturated carbocycles. The van der Waals surface area contributed by atoms with Crippen LogP contribution >= 0.6 is 0 Å². The van der Waals surface area contributed by atoms with E-state index in [1.54, 1.807) is 12.1 Å². The molecule has 0 unspecified atom stereocenters. The molecule has 0 atom stereocenters. The second-order valence-electron chi connectivity index (χ2n) is 8.26. The molecule has 0 bridgehead atoms. The smallest absolute Gasteiger partial charge is 0.145 e. The summed E-state index contributed by atoms with van der Waals surface area (Å²) in [5.74, 6) is 4.18. The van der Waals surface area contributed by atoms with Crippen molar-refractivity contribution in [2.75, 3.05) is 24.7 Å². The molecule has 0 saturated heterocycles. The van der Waals surface area contributed by atoms with Gasteiger partial charge >= 0.3 is 0 Å². The molecule has 0 aliphatic heterocycles. The fourth-order valence-electron chi connectivity index (χ4n) is 3.73. The first-order chi connectivity index (χ1) is 17.5. The highest BCUT2D eigenvalue weighted by Gasteiger charge is 2.06. The van der Waals surface area contributed by atoms with Gasteiger partial charge in [0.15, 0.2) is 0 Å². The first-order valence-electron chi connectivity index (χ1n) is 12.1. The summed E-state index contributed by atoms with van der Waals surface area (Å²) in [4.78, 5) is 0. The van der Waals surface area contributed by atoms with E-state index in [0.717, 1.165) is 24.3 Å². The number of hydrogen-bond acceptors (Lipinski definition) is 6. The Kier molecular flexibility index (Phi) is 8.19. The molecule has 0 amide bonds. The van der Waals surface area contributed by atoms with Crippen LogP contribution in [0.25, 0.3) is 0 Å². The normalized spacial score (nSPS) is 10.6. The fraction of sp³-hybridized carbons (Fsp3) is 0.200. The summed E-state index contributed by atoms with van der Waals surface area (Å²) in [6.07, 6.45) is 1.85. The molecule has 0 radical (unpaired) electrons. The van der Waals surface area contributed by atoms with Crippen molar-refractivity contribution in [3.63, 3.8) is 0 Å². The number of rotatable bonds is 11. The van der Waals surface area contributed by atoms with Crippen LogP contribution in [0.4, 0.5) is 11.4 Å². The number of hydrogen-bond donors (Lipinski definition) is 2.